The zero-order valence-corrected chi connectivity index (χ0v) is 17.3. The van der Waals surface area contributed by atoms with Gasteiger partial charge in [-0.1, -0.05) is 35.1 Å². The van der Waals surface area contributed by atoms with E-state index in [1.165, 1.54) is 16.2 Å². The number of halogens is 1. The second kappa shape index (κ2) is 8.39. The molecule has 0 saturated heterocycles. The van der Waals surface area contributed by atoms with Gasteiger partial charge in [0.05, 0.1) is 36.9 Å². The Morgan fingerprint density at radius 2 is 2.04 bits per heavy atom. The summed E-state index contributed by atoms with van der Waals surface area (Å²) in [6.07, 6.45) is 2.01. The van der Waals surface area contributed by atoms with Crippen LogP contribution in [0, 0.1) is 0 Å². The highest BCUT2D eigenvalue weighted by Crippen LogP contribution is 2.33. The third-order valence-electron chi connectivity index (χ3n) is 3.99. The fourth-order valence-electron chi connectivity index (χ4n) is 2.55. The summed E-state index contributed by atoms with van der Waals surface area (Å²) in [7, 11) is 4.15. The first kappa shape index (κ1) is 19.2. The van der Waals surface area contributed by atoms with Crippen LogP contribution in [0.25, 0.3) is 10.2 Å². The number of thioether (sulfide) groups is 1. The van der Waals surface area contributed by atoms with E-state index < -0.39 is 0 Å². The minimum atomic E-state index is -0.0303. The van der Waals surface area contributed by atoms with Gasteiger partial charge in [0.1, 0.15) is 5.52 Å². The molecule has 0 atom stereocenters. The first-order valence-electron chi connectivity index (χ1n) is 8.29. The number of rotatable bonds is 6. The molecule has 4 nitrogen and oxygen atoms in total. The number of likely N-dealkylation sites (N-methyl/N-ethyl adjacent to an activating group) is 1. The van der Waals surface area contributed by atoms with E-state index in [-0.39, 0.29) is 5.91 Å². The Morgan fingerprint density at radius 1 is 1.27 bits per heavy atom. The van der Waals surface area contributed by atoms with Gasteiger partial charge in [-0.3, -0.25) is 9.69 Å². The normalized spacial score (nSPS) is 11.3. The van der Waals surface area contributed by atoms with Crippen molar-refractivity contribution in [3.8, 4) is 0 Å². The van der Waals surface area contributed by atoms with E-state index in [1.54, 1.807) is 16.7 Å². The molecule has 0 unspecified atom stereocenters. The molecule has 2 aromatic carbocycles. The number of hydrogen-bond acceptors (Lipinski definition) is 4. The SMILES string of the molecule is CSc1cccc(C(=O)N(CC[NH+](C)C)c2nc3c(Cl)cccc3s2)c1. The van der Waals surface area contributed by atoms with Crippen molar-refractivity contribution in [2.75, 3.05) is 38.3 Å². The Balaban J connectivity index is 2.00. The molecule has 3 rings (SSSR count). The molecule has 0 aliphatic carbocycles. The number of carbonyl (C=O) groups excluding carboxylic acids is 1. The van der Waals surface area contributed by atoms with Gasteiger partial charge in [-0.25, -0.2) is 4.98 Å². The number of carbonyl (C=O) groups is 1. The van der Waals surface area contributed by atoms with Crippen LogP contribution >= 0.6 is 34.7 Å². The number of nitrogens with one attached hydrogen (secondary N) is 1. The Kier molecular flexibility index (Phi) is 6.19. The summed E-state index contributed by atoms with van der Waals surface area (Å²) in [5.41, 5.74) is 1.43. The molecule has 1 N–H and O–H groups in total. The number of anilines is 1. The maximum absolute atomic E-state index is 13.2. The predicted molar refractivity (Wildman–Crippen MR) is 112 cm³/mol. The van der Waals surface area contributed by atoms with Crippen LogP contribution in [0.3, 0.4) is 0 Å². The lowest BCUT2D eigenvalue weighted by molar-refractivity contribution is -0.856. The van der Waals surface area contributed by atoms with Crippen LogP contribution in [0.2, 0.25) is 5.02 Å². The van der Waals surface area contributed by atoms with Gasteiger partial charge in [0.15, 0.2) is 5.13 Å². The molecule has 0 fully saturated rings. The molecule has 1 heterocycles. The fourth-order valence-corrected chi connectivity index (χ4v) is 4.30. The average Bonchev–Trinajstić information content (AvgIpc) is 3.07. The largest absolute Gasteiger partial charge is 0.338 e. The van der Waals surface area contributed by atoms with Crippen LogP contribution in [-0.2, 0) is 0 Å². The highest BCUT2D eigenvalue weighted by atomic mass is 35.5. The molecular formula is C19H21ClN3OS2+. The summed E-state index contributed by atoms with van der Waals surface area (Å²) >= 11 is 9.40. The second-order valence-electron chi connectivity index (χ2n) is 6.23. The van der Waals surface area contributed by atoms with Crippen molar-refractivity contribution in [2.24, 2.45) is 0 Å². The maximum Gasteiger partial charge on any atom is 0.260 e. The highest BCUT2D eigenvalue weighted by molar-refractivity contribution is 7.98. The summed E-state index contributed by atoms with van der Waals surface area (Å²) in [6, 6.07) is 13.4. The van der Waals surface area contributed by atoms with Gasteiger partial charge >= 0.3 is 0 Å². The Labute approximate surface area is 166 Å². The summed E-state index contributed by atoms with van der Waals surface area (Å²) in [5.74, 6) is -0.0303. The van der Waals surface area contributed by atoms with Gasteiger partial charge in [-0.2, -0.15) is 0 Å². The van der Waals surface area contributed by atoms with Crippen LogP contribution in [0.5, 0.6) is 0 Å². The summed E-state index contributed by atoms with van der Waals surface area (Å²) < 4.78 is 0.986. The smallest absolute Gasteiger partial charge is 0.260 e. The van der Waals surface area contributed by atoms with Crippen molar-refractivity contribution in [3.05, 3.63) is 53.1 Å². The molecule has 0 aliphatic rings. The average molecular weight is 407 g/mol. The molecule has 0 radical (unpaired) electrons. The van der Waals surface area contributed by atoms with Gasteiger partial charge in [-0.15, -0.1) is 11.8 Å². The van der Waals surface area contributed by atoms with Crippen molar-refractivity contribution in [3.63, 3.8) is 0 Å². The molecule has 136 valence electrons. The minimum absolute atomic E-state index is 0.0303. The number of amides is 1. The quantitative estimate of drug-likeness (QED) is 0.637. The third kappa shape index (κ3) is 4.20. The van der Waals surface area contributed by atoms with Crippen molar-refractivity contribution in [1.82, 2.24) is 4.98 Å². The molecule has 7 heteroatoms. The lowest BCUT2D eigenvalue weighted by Gasteiger charge is -2.21. The van der Waals surface area contributed by atoms with Gasteiger partial charge < -0.3 is 4.90 Å². The van der Waals surface area contributed by atoms with Gasteiger partial charge in [0.2, 0.25) is 0 Å². The molecular weight excluding hydrogens is 386 g/mol. The molecule has 1 amide bonds. The minimum Gasteiger partial charge on any atom is -0.338 e. The van der Waals surface area contributed by atoms with Crippen molar-refractivity contribution < 1.29 is 9.69 Å². The molecule has 0 saturated carbocycles. The van der Waals surface area contributed by atoms with E-state index in [4.69, 9.17) is 11.6 Å². The van der Waals surface area contributed by atoms with E-state index in [0.29, 0.717) is 22.3 Å². The lowest BCUT2D eigenvalue weighted by Crippen LogP contribution is -3.06. The number of nitrogens with zero attached hydrogens (tertiary/aromatic N) is 2. The number of quaternary nitrogens is 1. The van der Waals surface area contributed by atoms with E-state index in [2.05, 4.69) is 19.1 Å². The highest BCUT2D eigenvalue weighted by Gasteiger charge is 2.23. The molecule has 3 aromatic rings. The van der Waals surface area contributed by atoms with E-state index in [1.807, 2.05) is 48.7 Å². The van der Waals surface area contributed by atoms with Crippen molar-refractivity contribution >= 4 is 56.0 Å². The van der Waals surface area contributed by atoms with E-state index in [9.17, 15) is 4.79 Å². The second-order valence-corrected chi connectivity index (χ2v) is 8.52. The first-order chi connectivity index (χ1) is 12.5. The molecule has 0 spiro atoms. The molecule has 26 heavy (non-hydrogen) atoms. The maximum atomic E-state index is 13.2. The zero-order valence-electron chi connectivity index (χ0n) is 15.0. The van der Waals surface area contributed by atoms with Gasteiger partial charge in [-0.05, 0) is 36.6 Å². The monoisotopic (exact) mass is 406 g/mol. The summed E-state index contributed by atoms with van der Waals surface area (Å²) in [4.78, 5) is 22.0. The summed E-state index contributed by atoms with van der Waals surface area (Å²) in [6.45, 7) is 1.43. The number of thiazole rings is 1. The van der Waals surface area contributed by atoms with Crippen molar-refractivity contribution in [1.29, 1.82) is 0 Å². The predicted octanol–water partition coefficient (Wildman–Crippen LogP) is 3.46. The van der Waals surface area contributed by atoms with Crippen LogP contribution in [0.15, 0.2) is 47.4 Å². The van der Waals surface area contributed by atoms with E-state index >= 15 is 0 Å². The molecule has 0 aliphatic heterocycles. The molecule has 0 bridgehead atoms. The summed E-state index contributed by atoms with van der Waals surface area (Å²) in [5, 5.41) is 1.30. The number of benzene rings is 2. The Bertz CT molecular complexity index is 926. The van der Waals surface area contributed by atoms with Crippen LogP contribution in [0.4, 0.5) is 5.13 Å². The van der Waals surface area contributed by atoms with Crippen LogP contribution < -0.4 is 9.80 Å². The standard InChI is InChI=1S/C19H20ClN3OS2/c1-22(2)10-11-23(18(24)13-6-4-7-14(12-13)25-3)19-21-17-15(20)8-5-9-16(17)26-19/h4-9,12H,10-11H2,1-3H3/p+1. The lowest BCUT2D eigenvalue weighted by atomic mass is 10.2. The first-order valence-corrected chi connectivity index (χ1v) is 10.7. The number of aromatic nitrogens is 1. The number of hydrogen-bond donors (Lipinski definition) is 1. The third-order valence-corrected chi connectivity index (χ3v) is 6.06. The topological polar surface area (TPSA) is 37.6 Å². The Morgan fingerprint density at radius 3 is 2.73 bits per heavy atom. The van der Waals surface area contributed by atoms with Crippen molar-refractivity contribution in [2.45, 2.75) is 4.90 Å². The number of para-hydroxylation sites is 1. The van der Waals surface area contributed by atoms with E-state index in [0.717, 1.165) is 21.7 Å². The van der Waals surface area contributed by atoms with Crippen LogP contribution in [0.1, 0.15) is 10.4 Å². The molecule has 1 aromatic heterocycles. The number of fused-ring (bicyclic) bond motifs is 1. The Hall–Kier alpha value is -1.60. The van der Waals surface area contributed by atoms with Gasteiger partial charge in [0, 0.05) is 10.5 Å². The zero-order chi connectivity index (χ0) is 18.7. The van der Waals surface area contributed by atoms with Crippen LogP contribution in [-0.4, -0.2) is 44.3 Å². The van der Waals surface area contributed by atoms with Gasteiger partial charge in [0.25, 0.3) is 5.91 Å². The fraction of sp³-hybridized carbons (Fsp3) is 0.263.